The average Bonchev–Trinajstić information content (AvgIpc) is 3.05. The van der Waals surface area contributed by atoms with Crippen LogP contribution in [0.1, 0.15) is 62.2 Å². The summed E-state index contributed by atoms with van der Waals surface area (Å²) in [6.45, 7) is 10.3. The minimum Gasteiger partial charge on any atom is -0.305 e. The van der Waals surface area contributed by atoms with E-state index in [-0.39, 0.29) is 40.4 Å². The number of aromatic nitrogens is 3. The van der Waals surface area contributed by atoms with Crippen LogP contribution in [-0.4, -0.2) is 26.5 Å². The molecule has 31 heavy (non-hydrogen) atoms. The molecule has 162 valence electrons. The second kappa shape index (κ2) is 7.80. The van der Waals surface area contributed by atoms with Crippen molar-refractivity contribution in [1.29, 1.82) is 0 Å². The second-order valence-corrected chi connectivity index (χ2v) is 9.07. The Morgan fingerprint density at radius 1 is 1.19 bits per heavy atom. The Bertz CT molecular complexity index is 1290. The van der Waals surface area contributed by atoms with Gasteiger partial charge in [-0.05, 0) is 42.9 Å². The van der Waals surface area contributed by atoms with E-state index in [9.17, 15) is 14.4 Å². The van der Waals surface area contributed by atoms with E-state index in [1.165, 1.54) is 4.57 Å². The third-order valence-corrected chi connectivity index (χ3v) is 5.76. The maximum atomic E-state index is 13.8. The molecule has 1 aliphatic heterocycles. The van der Waals surface area contributed by atoms with Gasteiger partial charge in [-0.3, -0.25) is 19.1 Å². The monoisotopic (exact) mass is 420 g/mol. The predicted molar refractivity (Wildman–Crippen MR) is 122 cm³/mol. The highest BCUT2D eigenvalue weighted by Gasteiger charge is 2.33. The first-order valence-electron chi connectivity index (χ1n) is 10.8. The van der Waals surface area contributed by atoms with Crippen LogP contribution in [-0.2, 0) is 13.0 Å². The van der Waals surface area contributed by atoms with E-state index in [0.717, 1.165) is 17.7 Å². The van der Waals surface area contributed by atoms with Crippen molar-refractivity contribution in [2.45, 2.75) is 59.5 Å². The van der Waals surface area contributed by atoms with Gasteiger partial charge in [0.25, 0.3) is 11.5 Å². The quantitative estimate of drug-likeness (QED) is 0.700. The van der Waals surface area contributed by atoms with Gasteiger partial charge in [-0.1, -0.05) is 45.9 Å². The molecule has 0 unspecified atom stereocenters. The van der Waals surface area contributed by atoms with E-state index in [4.69, 9.17) is 0 Å². The van der Waals surface area contributed by atoms with E-state index in [2.05, 4.69) is 9.97 Å². The second-order valence-electron chi connectivity index (χ2n) is 9.07. The molecule has 7 nitrogen and oxygen atoms in total. The third-order valence-electron chi connectivity index (χ3n) is 5.76. The summed E-state index contributed by atoms with van der Waals surface area (Å²) < 4.78 is 1.48. The Balaban J connectivity index is 2.01. The fourth-order valence-electron chi connectivity index (χ4n) is 4.30. The van der Waals surface area contributed by atoms with Gasteiger partial charge in [0.15, 0.2) is 5.65 Å². The lowest BCUT2D eigenvalue weighted by Crippen LogP contribution is -2.38. The van der Waals surface area contributed by atoms with Crippen LogP contribution in [0.5, 0.6) is 0 Å². The van der Waals surface area contributed by atoms with Crippen LogP contribution in [0, 0.1) is 5.92 Å². The van der Waals surface area contributed by atoms with Gasteiger partial charge in [-0.25, -0.2) is 9.78 Å². The lowest BCUT2D eigenvalue weighted by atomic mass is 10.0. The number of pyridine rings is 1. The van der Waals surface area contributed by atoms with Crippen LogP contribution < -0.4 is 16.1 Å². The lowest BCUT2D eigenvalue weighted by Gasteiger charge is -2.24. The molecule has 0 bridgehead atoms. The van der Waals surface area contributed by atoms with Crippen molar-refractivity contribution in [1.82, 2.24) is 14.5 Å². The number of rotatable bonds is 4. The number of nitrogens with one attached hydrogen (secondary N) is 1. The number of benzene rings is 1. The van der Waals surface area contributed by atoms with Crippen molar-refractivity contribution in [2.75, 3.05) is 4.90 Å². The molecule has 1 atom stereocenters. The Labute approximate surface area is 180 Å². The molecule has 3 heterocycles. The summed E-state index contributed by atoms with van der Waals surface area (Å²) in [5.41, 5.74) is 2.13. The smallest absolute Gasteiger partial charge is 0.305 e. The van der Waals surface area contributed by atoms with E-state index < -0.39 is 11.2 Å². The molecule has 0 saturated heterocycles. The van der Waals surface area contributed by atoms with Gasteiger partial charge in [-0.2, -0.15) is 0 Å². The van der Waals surface area contributed by atoms with Gasteiger partial charge < -0.3 is 4.90 Å². The molecule has 1 N–H and O–H groups in total. The molecule has 0 saturated carbocycles. The van der Waals surface area contributed by atoms with Crippen LogP contribution in [0.4, 0.5) is 5.69 Å². The Morgan fingerprint density at radius 2 is 1.90 bits per heavy atom. The maximum absolute atomic E-state index is 13.8. The number of para-hydroxylation sites is 1. The Hall–Kier alpha value is -3.22. The fraction of sp³-hybridized carbons (Fsp3) is 0.417. The normalized spacial score (nSPS) is 15.8. The first-order valence-corrected chi connectivity index (χ1v) is 10.8. The van der Waals surface area contributed by atoms with Crippen LogP contribution in [0.15, 0.2) is 39.9 Å². The fourth-order valence-corrected chi connectivity index (χ4v) is 4.30. The summed E-state index contributed by atoms with van der Waals surface area (Å²) in [4.78, 5) is 48.1. The highest BCUT2D eigenvalue weighted by molar-refractivity contribution is 6.14. The van der Waals surface area contributed by atoms with Crippen LogP contribution in [0.2, 0.25) is 0 Å². The number of hydrogen-bond donors (Lipinski definition) is 1. The van der Waals surface area contributed by atoms with E-state index in [0.29, 0.717) is 12.2 Å². The van der Waals surface area contributed by atoms with Gasteiger partial charge in [0.2, 0.25) is 0 Å². The number of aromatic amines is 1. The van der Waals surface area contributed by atoms with Gasteiger partial charge in [0.1, 0.15) is 0 Å². The molecule has 1 aliphatic rings. The summed E-state index contributed by atoms with van der Waals surface area (Å²) in [7, 11) is 0. The number of carbonyl (C=O) groups excluding carboxylic acids is 1. The summed E-state index contributed by atoms with van der Waals surface area (Å²) in [5.74, 6) is -0.0472. The Kier molecular flexibility index (Phi) is 5.29. The van der Waals surface area contributed by atoms with Crippen molar-refractivity contribution >= 4 is 22.6 Å². The zero-order valence-corrected chi connectivity index (χ0v) is 18.6. The van der Waals surface area contributed by atoms with Crippen LogP contribution >= 0.6 is 0 Å². The summed E-state index contributed by atoms with van der Waals surface area (Å²) in [5, 5.41) is 0.172. The highest BCUT2D eigenvalue weighted by atomic mass is 16.2. The SMILES string of the molecule is CC(C)Cn1c(=O)[nH]c(=O)c2c(C(=O)N3c4ccccc4C[C@@H]3C)cc(C(C)C)nc21. The number of carbonyl (C=O) groups is 1. The number of H-pyrrole nitrogens is 1. The van der Waals surface area contributed by atoms with E-state index in [1.807, 2.05) is 58.9 Å². The molecule has 1 aromatic carbocycles. The molecule has 0 radical (unpaired) electrons. The molecular formula is C24H28N4O3. The summed E-state index contributed by atoms with van der Waals surface area (Å²) in [6, 6.07) is 9.51. The molecule has 0 fully saturated rings. The molecule has 1 amide bonds. The lowest BCUT2D eigenvalue weighted by molar-refractivity contribution is 0.0982. The summed E-state index contributed by atoms with van der Waals surface area (Å²) in [6.07, 6.45) is 0.760. The number of hydrogen-bond acceptors (Lipinski definition) is 4. The first kappa shape index (κ1) is 21.0. The van der Waals surface area contributed by atoms with Crippen molar-refractivity contribution in [3.05, 3.63) is 68.0 Å². The molecule has 3 aromatic rings. The minimum atomic E-state index is -0.578. The largest absolute Gasteiger partial charge is 0.330 e. The maximum Gasteiger partial charge on any atom is 0.330 e. The van der Waals surface area contributed by atoms with Gasteiger partial charge >= 0.3 is 5.69 Å². The molecule has 0 spiro atoms. The van der Waals surface area contributed by atoms with Crippen LogP contribution in [0.3, 0.4) is 0 Å². The molecule has 2 aromatic heterocycles. The van der Waals surface area contributed by atoms with E-state index >= 15 is 0 Å². The average molecular weight is 421 g/mol. The van der Waals surface area contributed by atoms with Crippen molar-refractivity contribution in [3.63, 3.8) is 0 Å². The number of nitrogens with zero attached hydrogens (tertiary/aromatic N) is 3. The molecular weight excluding hydrogens is 392 g/mol. The van der Waals surface area contributed by atoms with Crippen molar-refractivity contribution in [3.8, 4) is 0 Å². The topological polar surface area (TPSA) is 88.1 Å². The van der Waals surface area contributed by atoms with Crippen molar-refractivity contribution in [2.24, 2.45) is 5.92 Å². The van der Waals surface area contributed by atoms with Gasteiger partial charge in [0.05, 0.1) is 10.9 Å². The standard InChI is InChI=1S/C24H28N4O3/c1-13(2)12-27-21-20(22(29)26-24(27)31)17(11-18(25-21)14(3)4)23(30)28-15(5)10-16-8-6-7-9-19(16)28/h6-9,11,13-15H,10,12H2,1-5H3,(H,26,29,31)/t15-/m0/s1. The number of amides is 1. The molecule has 7 heteroatoms. The zero-order valence-electron chi connectivity index (χ0n) is 18.6. The number of anilines is 1. The highest BCUT2D eigenvalue weighted by Crippen LogP contribution is 2.34. The van der Waals surface area contributed by atoms with Gasteiger partial charge in [-0.15, -0.1) is 0 Å². The third kappa shape index (κ3) is 3.58. The van der Waals surface area contributed by atoms with Crippen LogP contribution in [0.25, 0.3) is 11.0 Å². The predicted octanol–water partition coefficient (Wildman–Crippen LogP) is 3.46. The zero-order chi connectivity index (χ0) is 22.4. The van der Waals surface area contributed by atoms with Gasteiger partial charge in [0, 0.05) is 24.0 Å². The Morgan fingerprint density at radius 3 is 2.58 bits per heavy atom. The summed E-state index contributed by atoms with van der Waals surface area (Å²) >= 11 is 0. The molecule has 0 aliphatic carbocycles. The number of fused-ring (bicyclic) bond motifs is 2. The van der Waals surface area contributed by atoms with E-state index in [1.54, 1.807) is 11.0 Å². The van der Waals surface area contributed by atoms with Crippen molar-refractivity contribution < 1.29 is 4.79 Å². The first-order chi connectivity index (χ1) is 14.7. The molecule has 4 rings (SSSR count). The minimum absolute atomic E-state index is 0.0288.